The van der Waals surface area contributed by atoms with Gasteiger partial charge in [-0.15, -0.1) is 11.3 Å². The number of aryl methyl sites for hydroxylation is 1. The minimum atomic E-state index is 0.582. The Kier molecular flexibility index (Phi) is 3.69. The lowest BCUT2D eigenvalue weighted by Crippen LogP contribution is -2.33. The summed E-state index contributed by atoms with van der Waals surface area (Å²) >= 11 is 7.84. The summed E-state index contributed by atoms with van der Waals surface area (Å²) < 4.78 is 0. The zero-order chi connectivity index (χ0) is 12.4. The second-order valence-corrected chi connectivity index (χ2v) is 6.19. The molecule has 3 rings (SSSR count). The smallest absolute Gasteiger partial charge is 0.0558 e. The van der Waals surface area contributed by atoms with Crippen molar-refractivity contribution >= 4 is 22.9 Å². The Bertz CT molecular complexity index is 535. The summed E-state index contributed by atoms with van der Waals surface area (Å²) in [5.41, 5.74) is 3.02. The van der Waals surface area contributed by atoms with Crippen molar-refractivity contribution in [2.24, 2.45) is 0 Å². The van der Waals surface area contributed by atoms with Gasteiger partial charge < -0.3 is 5.32 Å². The molecule has 0 aliphatic heterocycles. The average Bonchev–Trinajstić information content (AvgIpc) is 2.82. The number of benzene rings is 1. The summed E-state index contributed by atoms with van der Waals surface area (Å²) in [5, 5.41) is 6.58. The van der Waals surface area contributed by atoms with E-state index in [9.17, 15) is 0 Å². The molecule has 3 heteroatoms. The van der Waals surface area contributed by atoms with Gasteiger partial charge in [-0.3, -0.25) is 0 Å². The lowest BCUT2D eigenvalue weighted by Gasteiger charge is -2.25. The van der Waals surface area contributed by atoms with Gasteiger partial charge in [-0.1, -0.05) is 35.9 Å². The maximum Gasteiger partial charge on any atom is 0.0558 e. The minimum Gasteiger partial charge on any atom is -0.309 e. The van der Waals surface area contributed by atoms with Crippen molar-refractivity contribution < 1.29 is 0 Å². The first-order valence-corrected chi connectivity index (χ1v) is 7.61. The van der Waals surface area contributed by atoms with E-state index in [0.29, 0.717) is 6.04 Å². The predicted molar refractivity (Wildman–Crippen MR) is 78.4 cm³/mol. The summed E-state index contributed by atoms with van der Waals surface area (Å²) in [7, 11) is 0. The van der Waals surface area contributed by atoms with Crippen LogP contribution in [0.2, 0.25) is 5.02 Å². The molecule has 1 nitrogen and oxygen atoms in total. The van der Waals surface area contributed by atoms with E-state index in [4.69, 9.17) is 11.6 Å². The molecule has 1 unspecified atom stereocenters. The molecule has 0 saturated heterocycles. The van der Waals surface area contributed by atoms with Gasteiger partial charge in [0.2, 0.25) is 0 Å². The number of hydrogen-bond acceptors (Lipinski definition) is 2. The molecule has 1 N–H and O–H groups in total. The molecule has 2 aromatic rings. The van der Waals surface area contributed by atoms with Crippen molar-refractivity contribution in [2.45, 2.75) is 31.8 Å². The maximum atomic E-state index is 6.11. The van der Waals surface area contributed by atoms with Crippen LogP contribution in [0.1, 0.15) is 22.4 Å². The SMILES string of the molecule is Clc1ccsc1CNC1CCc2ccccc2C1. The van der Waals surface area contributed by atoms with Crippen LogP contribution < -0.4 is 5.32 Å². The summed E-state index contributed by atoms with van der Waals surface area (Å²) in [6, 6.07) is 11.3. The topological polar surface area (TPSA) is 12.0 Å². The highest BCUT2D eigenvalue weighted by Gasteiger charge is 2.17. The fourth-order valence-electron chi connectivity index (χ4n) is 2.56. The van der Waals surface area contributed by atoms with E-state index in [1.54, 1.807) is 11.3 Å². The molecule has 1 aliphatic rings. The Hall–Kier alpha value is -0.830. The van der Waals surface area contributed by atoms with Crippen molar-refractivity contribution in [3.05, 3.63) is 56.7 Å². The molecule has 18 heavy (non-hydrogen) atoms. The van der Waals surface area contributed by atoms with Crippen LogP contribution in [0.5, 0.6) is 0 Å². The Morgan fingerprint density at radius 2 is 2.06 bits per heavy atom. The lowest BCUT2D eigenvalue weighted by atomic mass is 9.88. The molecule has 1 atom stereocenters. The molecule has 0 amide bonds. The standard InChI is InChI=1S/C15H16ClNS/c16-14-7-8-18-15(14)10-17-13-6-5-11-3-1-2-4-12(11)9-13/h1-4,7-8,13,17H,5-6,9-10H2. The predicted octanol–water partition coefficient (Wildman–Crippen LogP) is 4.05. The summed E-state index contributed by atoms with van der Waals surface area (Å²) in [6.45, 7) is 0.892. The van der Waals surface area contributed by atoms with Crippen molar-refractivity contribution in [1.29, 1.82) is 0 Å². The number of halogens is 1. The maximum absolute atomic E-state index is 6.11. The van der Waals surface area contributed by atoms with Gasteiger partial charge in [0.25, 0.3) is 0 Å². The second kappa shape index (κ2) is 5.43. The number of fused-ring (bicyclic) bond motifs is 1. The van der Waals surface area contributed by atoms with Crippen LogP contribution in [0.15, 0.2) is 35.7 Å². The lowest BCUT2D eigenvalue weighted by molar-refractivity contribution is 0.459. The molecule has 1 aromatic heterocycles. The Morgan fingerprint density at radius 3 is 2.83 bits per heavy atom. The Labute approximate surface area is 117 Å². The molecular weight excluding hydrogens is 262 g/mol. The third-order valence-electron chi connectivity index (χ3n) is 3.59. The van der Waals surface area contributed by atoms with Crippen LogP contribution in [0, 0.1) is 0 Å². The quantitative estimate of drug-likeness (QED) is 0.893. The molecule has 1 aliphatic carbocycles. The zero-order valence-corrected chi connectivity index (χ0v) is 11.7. The molecule has 0 radical (unpaired) electrons. The Morgan fingerprint density at radius 1 is 1.22 bits per heavy atom. The van der Waals surface area contributed by atoms with E-state index in [1.807, 2.05) is 6.07 Å². The van der Waals surface area contributed by atoms with E-state index in [-0.39, 0.29) is 0 Å². The molecule has 0 fully saturated rings. The highest BCUT2D eigenvalue weighted by atomic mass is 35.5. The fraction of sp³-hybridized carbons (Fsp3) is 0.333. The number of rotatable bonds is 3. The van der Waals surface area contributed by atoms with Crippen molar-refractivity contribution in [3.8, 4) is 0 Å². The molecule has 0 bridgehead atoms. The van der Waals surface area contributed by atoms with Gasteiger partial charge in [0.1, 0.15) is 0 Å². The molecule has 1 aromatic carbocycles. The monoisotopic (exact) mass is 277 g/mol. The number of hydrogen-bond donors (Lipinski definition) is 1. The third-order valence-corrected chi connectivity index (χ3v) is 4.98. The summed E-state index contributed by atoms with van der Waals surface area (Å²) in [4.78, 5) is 1.25. The molecule has 0 spiro atoms. The number of nitrogens with one attached hydrogen (secondary N) is 1. The van der Waals surface area contributed by atoms with E-state index in [2.05, 4.69) is 35.0 Å². The molecular formula is C15H16ClNS. The second-order valence-electron chi connectivity index (χ2n) is 4.78. The first-order valence-electron chi connectivity index (χ1n) is 6.35. The summed E-state index contributed by atoms with van der Waals surface area (Å²) in [5.74, 6) is 0. The Balaban J connectivity index is 1.61. The van der Waals surface area contributed by atoms with Crippen LogP contribution in [0.3, 0.4) is 0 Å². The van der Waals surface area contributed by atoms with Crippen LogP contribution >= 0.6 is 22.9 Å². The van der Waals surface area contributed by atoms with Gasteiger partial charge in [0.15, 0.2) is 0 Å². The van der Waals surface area contributed by atoms with Gasteiger partial charge in [-0.2, -0.15) is 0 Å². The molecule has 1 heterocycles. The highest BCUT2D eigenvalue weighted by molar-refractivity contribution is 7.10. The van der Waals surface area contributed by atoms with Crippen LogP contribution in [-0.4, -0.2) is 6.04 Å². The zero-order valence-electron chi connectivity index (χ0n) is 10.2. The van der Waals surface area contributed by atoms with Gasteiger partial charge in [-0.05, 0) is 41.8 Å². The van der Waals surface area contributed by atoms with Crippen molar-refractivity contribution in [2.75, 3.05) is 0 Å². The van der Waals surface area contributed by atoms with Gasteiger partial charge in [-0.25, -0.2) is 0 Å². The van der Waals surface area contributed by atoms with Crippen LogP contribution in [0.4, 0.5) is 0 Å². The minimum absolute atomic E-state index is 0.582. The fourth-order valence-corrected chi connectivity index (χ4v) is 3.61. The van der Waals surface area contributed by atoms with E-state index in [0.717, 1.165) is 18.0 Å². The van der Waals surface area contributed by atoms with Gasteiger partial charge in [0, 0.05) is 17.5 Å². The van der Waals surface area contributed by atoms with E-state index >= 15 is 0 Å². The first kappa shape index (κ1) is 12.2. The van der Waals surface area contributed by atoms with Crippen molar-refractivity contribution in [1.82, 2.24) is 5.32 Å². The highest BCUT2D eigenvalue weighted by Crippen LogP contribution is 2.24. The average molecular weight is 278 g/mol. The number of thiophene rings is 1. The molecule has 94 valence electrons. The van der Waals surface area contributed by atoms with Crippen molar-refractivity contribution in [3.63, 3.8) is 0 Å². The first-order chi connectivity index (χ1) is 8.83. The molecule has 0 saturated carbocycles. The normalized spacial score (nSPS) is 18.6. The van der Waals surface area contributed by atoms with Gasteiger partial charge >= 0.3 is 0 Å². The van der Waals surface area contributed by atoms with E-state index < -0.39 is 0 Å². The van der Waals surface area contributed by atoms with Crippen LogP contribution in [0.25, 0.3) is 0 Å². The van der Waals surface area contributed by atoms with E-state index in [1.165, 1.54) is 28.8 Å². The van der Waals surface area contributed by atoms with Crippen LogP contribution in [-0.2, 0) is 19.4 Å². The largest absolute Gasteiger partial charge is 0.309 e. The van der Waals surface area contributed by atoms with Gasteiger partial charge in [0.05, 0.1) is 5.02 Å². The third kappa shape index (κ3) is 2.61. The summed E-state index contributed by atoms with van der Waals surface area (Å²) in [6.07, 6.45) is 3.55.